The summed E-state index contributed by atoms with van der Waals surface area (Å²) < 4.78 is 0. The van der Waals surface area contributed by atoms with Crippen LogP contribution in [-0.4, -0.2) is 40.7 Å². The van der Waals surface area contributed by atoms with Gasteiger partial charge in [0.1, 0.15) is 6.17 Å². The molecule has 5 heteroatoms. The van der Waals surface area contributed by atoms with E-state index >= 15 is 0 Å². The first-order valence-electron chi connectivity index (χ1n) is 12.3. The first kappa shape index (κ1) is 22.0. The molecule has 5 nitrogen and oxygen atoms in total. The van der Waals surface area contributed by atoms with Crippen molar-refractivity contribution in [1.29, 1.82) is 0 Å². The molecule has 2 aromatic carbocycles. The molecule has 3 unspecified atom stereocenters. The van der Waals surface area contributed by atoms with Crippen molar-refractivity contribution in [2.75, 3.05) is 18.4 Å². The number of rotatable bonds is 5. The van der Waals surface area contributed by atoms with Gasteiger partial charge in [-0.25, -0.2) is 0 Å². The van der Waals surface area contributed by atoms with E-state index in [9.17, 15) is 9.59 Å². The summed E-state index contributed by atoms with van der Waals surface area (Å²) in [6.07, 6.45) is 4.09. The minimum atomic E-state index is -0.185. The minimum absolute atomic E-state index is 0.0771. The number of hydrogen-bond donors (Lipinski definition) is 1. The summed E-state index contributed by atoms with van der Waals surface area (Å²) in [5.41, 5.74) is 3.95. The Morgan fingerprint density at radius 2 is 1.79 bits per heavy atom. The van der Waals surface area contributed by atoms with Crippen LogP contribution < -0.4 is 5.32 Å². The van der Waals surface area contributed by atoms with Gasteiger partial charge >= 0.3 is 0 Å². The van der Waals surface area contributed by atoms with Crippen LogP contribution >= 0.6 is 0 Å². The van der Waals surface area contributed by atoms with Crippen LogP contribution in [0.5, 0.6) is 0 Å². The van der Waals surface area contributed by atoms with Gasteiger partial charge in [-0.2, -0.15) is 0 Å². The van der Waals surface area contributed by atoms with Gasteiger partial charge in [0, 0.05) is 41.5 Å². The molecular formula is C28H35N3O2. The lowest BCUT2D eigenvalue weighted by atomic mass is 9.65. The van der Waals surface area contributed by atoms with Crippen molar-refractivity contribution in [1.82, 2.24) is 9.80 Å². The van der Waals surface area contributed by atoms with Crippen LogP contribution in [0.15, 0.2) is 48.5 Å². The van der Waals surface area contributed by atoms with Crippen molar-refractivity contribution in [3.63, 3.8) is 0 Å². The Morgan fingerprint density at radius 3 is 2.52 bits per heavy atom. The third-order valence-corrected chi connectivity index (χ3v) is 7.63. The number of nitrogens with one attached hydrogen (secondary N) is 1. The molecule has 0 aromatic heterocycles. The second kappa shape index (κ2) is 7.89. The van der Waals surface area contributed by atoms with Crippen LogP contribution in [0.25, 0.3) is 0 Å². The Labute approximate surface area is 197 Å². The molecular weight excluding hydrogens is 410 g/mol. The van der Waals surface area contributed by atoms with Crippen molar-refractivity contribution in [2.45, 2.75) is 65.6 Å². The second-order valence-electron chi connectivity index (χ2n) is 11.4. The van der Waals surface area contributed by atoms with Gasteiger partial charge in [-0.15, -0.1) is 0 Å². The minimum Gasteiger partial charge on any atom is -0.361 e. The predicted octanol–water partition coefficient (Wildman–Crippen LogP) is 5.70. The SMILES string of the molecule is CCCN1C(=O)c2ccccc2C1Nc1ccc(C(=O)N2CC3(C)CC2CC(C)(C)C3)cc1. The fourth-order valence-corrected chi connectivity index (χ4v) is 6.73. The average molecular weight is 446 g/mol. The van der Waals surface area contributed by atoms with E-state index in [-0.39, 0.29) is 23.4 Å². The molecule has 2 fully saturated rings. The van der Waals surface area contributed by atoms with Crippen LogP contribution in [0.1, 0.15) is 85.8 Å². The molecule has 2 bridgehead atoms. The lowest BCUT2D eigenvalue weighted by Crippen LogP contribution is -2.37. The fourth-order valence-electron chi connectivity index (χ4n) is 6.73. The maximum atomic E-state index is 13.4. The molecule has 2 heterocycles. The standard InChI is InChI=1S/C28H35N3O2/c1-5-14-30-24(22-8-6-7-9-23(22)26(30)33)29-20-12-10-19(11-13-20)25(32)31-18-28(4)16-21(31)15-27(2,3)17-28/h6-13,21,24,29H,5,14-18H2,1-4H3. The number of carbonyl (C=O) groups is 2. The summed E-state index contributed by atoms with van der Waals surface area (Å²) in [4.78, 5) is 30.3. The molecule has 33 heavy (non-hydrogen) atoms. The van der Waals surface area contributed by atoms with Crippen molar-refractivity contribution < 1.29 is 9.59 Å². The Bertz CT molecular complexity index is 1080. The molecule has 2 amide bonds. The lowest BCUT2D eigenvalue weighted by molar-refractivity contribution is 0.0706. The molecule has 1 aliphatic carbocycles. The van der Waals surface area contributed by atoms with E-state index in [2.05, 4.69) is 37.9 Å². The number of fused-ring (bicyclic) bond motifs is 3. The summed E-state index contributed by atoms with van der Waals surface area (Å²) in [6.45, 7) is 10.6. The van der Waals surface area contributed by atoms with Crippen molar-refractivity contribution >= 4 is 17.5 Å². The quantitative estimate of drug-likeness (QED) is 0.642. The van der Waals surface area contributed by atoms with E-state index in [1.165, 1.54) is 6.42 Å². The molecule has 174 valence electrons. The zero-order valence-electron chi connectivity index (χ0n) is 20.2. The van der Waals surface area contributed by atoms with Gasteiger partial charge in [-0.1, -0.05) is 45.9 Å². The number of hydrogen-bond acceptors (Lipinski definition) is 3. The molecule has 0 spiro atoms. The topological polar surface area (TPSA) is 52.7 Å². The van der Waals surface area contributed by atoms with E-state index < -0.39 is 0 Å². The van der Waals surface area contributed by atoms with Gasteiger partial charge in [-0.05, 0) is 66.8 Å². The Hall–Kier alpha value is -2.82. The zero-order chi connectivity index (χ0) is 23.4. The molecule has 0 radical (unpaired) electrons. The lowest BCUT2D eigenvalue weighted by Gasteiger charge is -2.39. The molecule has 3 atom stereocenters. The number of nitrogens with zero attached hydrogens (tertiary/aromatic N) is 2. The number of anilines is 1. The highest BCUT2D eigenvalue weighted by atomic mass is 16.2. The van der Waals surface area contributed by atoms with Gasteiger partial charge in [0.2, 0.25) is 0 Å². The van der Waals surface area contributed by atoms with Crippen LogP contribution in [0.3, 0.4) is 0 Å². The molecule has 2 aliphatic heterocycles. The van der Waals surface area contributed by atoms with Gasteiger partial charge in [-0.3, -0.25) is 9.59 Å². The molecule has 3 aliphatic rings. The first-order valence-corrected chi connectivity index (χ1v) is 12.3. The van der Waals surface area contributed by atoms with E-state index in [0.29, 0.717) is 18.0 Å². The molecule has 1 saturated carbocycles. The van der Waals surface area contributed by atoms with Gasteiger partial charge in [0.05, 0.1) is 0 Å². The molecule has 1 saturated heterocycles. The van der Waals surface area contributed by atoms with Crippen molar-refractivity contribution in [3.05, 3.63) is 65.2 Å². The highest BCUT2D eigenvalue weighted by Gasteiger charge is 2.51. The number of benzene rings is 2. The number of amides is 2. The van der Waals surface area contributed by atoms with Crippen molar-refractivity contribution in [3.8, 4) is 0 Å². The summed E-state index contributed by atoms with van der Waals surface area (Å²) >= 11 is 0. The first-order chi connectivity index (χ1) is 15.7. The highest BCUT2D eigenvalue weighted by Crippen LogP contribution is 2.52. The number of carbonyl (C=O) groups excluding carboxylic acids is 2. The summed E-state index contributed by atoms with van der Waals surface area (Å²) in [7, 11) is 0. The zero-order valence-corrected chi connectivity index (χ0v) is 20.2. The predicted molar refractivity (Wildman–Crippen MR) is 131 cm³/mol. The third kappa shape index (κ3) is 3.92. The maximum absolute atomic E-state index is 13.4. The van der Waals surface area contributed by atoms with Gasteiger partial charge < -0.3 is 15.1 Å². The van der Waals surface area contributed by atoms with E-state index in [0.717, 1.165) is 48.2 Å². The van der Waals surface area contributed by atoms with Crippen LogP contribution in [-0.2, 0) is 0 Å². The summed E-state index contributed by atoms with van der Waals surface area (Å²) in [6, 6.07) is 15.9. The smallest absolute Gasteiger partial charge is 0.256 e. The summed E-state index contributed by atoms with van der Waals surface area (Å²) in [5, 5.41) is 3.53. The normalized spacial score (nSPS) is 27.6. The maximum Gasteiger partial charge on any atom is 0.256 e. The second-order valence-corrected chi connectivity index (χ2v) is 11.4. The Balaban J connectivity index is 1.33. The molecule has 1 N–H and O–H groups in total. The monoisotopic (exact) mass is 445 g/mol. The van der Waals surface area contributed by atoms with Crippen LogP contribution in [0, 0.1) is 10.8 Å². The summed E-state index contributed by atoms with van der Waals surface area (Å²) in [5.74, 6) is 0.218. The Kier molecular flexibility index (Phi) is 5.26. The van der Waals surface area contributed by atoms with Gasteiger partial charge in [0.15, 0.2) is 0 Å². The number of likely N-dealkylation sites (tertiary alicyclic amines) is 1. The van der Waals surface area contributed by atoms with E-state index in [4.69, 9.17) is 0 Å². The molecule has 2 aromatic rings. The van der Waals surface area contributed by atoms with E-state index in [1.54, 1.807) is 0 Å². The Morgan fingerprint density at radius 1 is 1.06 bits per heavy atom. The third-order valence-electron chi connectivity index (χ3n) is 7.63. The van der Waals surface area contributed by atoms with Gasteiger partial charge in [0.25, 0.3) is 11.8 Å². The van der Waals surface area contributed by atoms with Crippen LogP contribution in [0.2, 0.25) is 0 Å². The fraction of sp³-hybridized carbons (Fsp3) is 0.500. The van der Waals surface area contributed by atoms with Crippen molar-refractivity contribution in [2.24, 2.45) is 10.8 Å². The van der Waals surface area contributed by atoms with E-state index in [1.807, 2.05) is 53.4 Å². The molecule has 5 rings (SSSR count). The highest BCUT2D eigenvalue weighted by molar-refractivity contribution is 5.99. The average Bonchev–Trinajstić information content (AvgIpc) is 3.18. The van der Waals surface area contributed by atoms with Crippen LogP contribution in [0.4, 0.5) is 5.69 Å². The largest absolute Gasteiger partial charge is 0.361 e.